The zero-order valence-corrected chi connectivity index (χ0v) is 16.7. The molecule has 0 heterocycles. The minimum absolute atomic E-state index is 0.140. The summed E-state index contributed by atoms with van der Waals surface area (Å²) in [5.74, 6) is 6.26. The van der Waals surface area contributed by atoms with Gasteiger partial charge in [0.15, 0.2) is 0 Å². The van der Waals surface area contributed by atoms with Gasteiger partial charge in [-0.3, -0.25) is 0 Å². The van der Waals surface area contributed by atoms with E-state index in [1.807, 2.05) is 0 Å². The van der Waals surface area contributed by atoms with Crippen LogP contribution in [-0.2, 0) is 24.0 Å². The van der Waals surface area contributed by atoms with E-state index in [2.05, 4.69) is 4.67 Å². The van der Waals surface area contributed by atoms with Gasteiger partial charge in [0.05, 0.1) is 0 Å². The molecule has 0 aliphatic rings. The van der Waals surface area contributed by atoms with Crippen molar-refractivity contribution in [1.82, 2.24) is 0 Å². The van der Waals surface area contributed by atoms with Gasteiger partial charge >= 0.3 is 166 Å². The van der Waals surface area contributed by atoms with Crippen LogP contribution in [0.3, 0.4) is 0 Å². The zero-order chi connectivity index (χ0) is 20.9. The van der Waals surface area contributed by atoms with Gasteiger partial charge in [0.1, 0.15) is 0 Å². The van der Waals surface area contributed by atoms with Gasteiger partial charge in [-0.15, -0.1) is 0 Å². The standard InChI is InChI=1S/C23H11AsO5/c25-12-17-11-23(22(15-28)21(14-27)20(17)13-26)24(16-29,18-7-3-1-4-8-18)19-9-5-2-6-10-19/h1-11H. The third-order valence-corrected chi connectivity index (χ3v) is 11.8. The average Bonchev–Trinajstić information content (AvgIpc) is 2.80. The first-order chi connectivity index (χ1) is 14.2. The topological polar surface area (TPSA) is 85.3 Å². The Balaban J connectivity index is 2.79. The van der Waals surface area contributed by atoms with Crippen molar-refractivity contribution >= 4 is 54.6 Å². The van der Waals surface area contributed by atoms with E-state index in [1.165, 1.54) is 17.9 Å². The van der Waals surface area contributed by atoms with Gasteiger partial charge in [-0.05, 0) is 0 Å². The third-order valence-electron chi connectivity index (χ3n) is 4.51. The van der Waals surface area contributed by atoms with Crippen molar-refractivity contribution in [3.8, 4) is 0 Å². The molecule has 29 heavy (non-hydrogen) atoms. The van der Waals surface area contributed by atoms with E-state index in [9.17, 15) is 24.0 Å². The second-order valence-corrected chi connectivity index (χ2v) is 12.3. The van der Waals surface area contributed by atoms with Gasteiger partial charge < -0.3 is 0 Å². The van der Waals surface area contributed by atoms with E-state index in [0.29, 0.717) is 8.70 Å². The molecule has 0 amide bonds. The zero-order valence-electron chi connectivity index (χ0n) is 14.8. The fourth-order valence-corrected chi connectivity index (χ4v) is 9.96. The van der Waals surface area contributed by atoms with E-state index >= 15 is 0 Å². The van der Waals surface area contributed by atoms with Crippen molar-refractivity contribution in [2.45, 2.75) is 0 Å². The van der Waals surface area contributed by atoms with Crippen LogP contribution >= 0.6 is 0 Å². The van der Waals surface area contributed by atoms with Gasteiger partial charge in [-0.2, -0.15) is 0 Å². The number of carbonyl (C=O) groups excluding carboxylic acids is 5. The molecule has 0 radical (unpaired) electrons. The SMILES string of the molecule is O=C=c1cc([As](=C=O)(c2ccccc2)c2ccccc2)c(=C=O)c(=C=O)c1=C=O. The molecule has 0 unspecified atom stereocenters. The average molecular weight is 442 g/mol. The molecule has 0 aliphatic carbocycles. The summed E-state index contributed by atoms with van der Waals surface area (Å²) in [6.07, 6.45) is 0. The molecule has 0 spiro atoms. The molecule has 3 aromatic rings. The van der Waals surface area contributed by atoms with Crippen LogP contribution in [0.4, 0.5) is 0 Å². The Hall–Kier alpha value is -3.88. The van der Waals surface area contributed by atoms with Crippen molar-refractivity contribution < 1.29 is 24.0 Å². The first-order valence-electron chi connectivity index (χ1n) is 8.31. The van der Waals surface area contributed by atoms with E-state index in [4.69, 9.17) is 0 Å². The molecule has 6 heteroatoms. The first-order valence-corrected chi connectivity index (χ1v) is 12.1. The molecule has 0 saturated carbocycles. The summed E-state index contributed by atoms with van der Waals surface area (Å²) in [5.41, 5.74) is 0. The van der Waals surface area contributed by atoms with E-state index in [1.54, 1.807) is 72.5 Å². The van der Waals surface area contributed by atoms with Crippen molar-refractivity contribution in [2.75, 3.05) is 0 Å². The third kappa shape index (κ3) is 3.16. The number of hydrogen-bond donors (Lipinski definition) is 0. The molecule has 0 aromatic heterocycles. The molecule has 3 rings (SSSR count). The van der Waals surface area contributed by atoms with Crippen LogP contribution in [0, 0.1) is 0 Å². The molecule has 0 atom stereocenters. The molecule has 0 saturated heterocycles. The number of rotatable bonds is 3. The number of hydrogen-bond acceptors (Lipinski definition) is 5. The van der Waals surface area contributed by atoms with Gasteiger partial charge in [-0.25, -0.2) is 0 Å². The first kappa shape index (κ1) is 19.9. The van der Waals surface area contributed by atoms with Crippen LogP contribution in [0.1, 0.15) is 0 Å². The molecule has 0 fully saturated rings. The van der Waals surface area contributed by atoms with Crippen molar-refractivity contribution in [3.63, 3.8) is 0 Å². The summed E-state index contributed by atoms with van der Waals surface area (Å²) >= 11 is -4.12. The molecule has 0 bridgehead atoms. The van der Waals surface area contributed by atoms with Crippen LogP contribution in [0.2, 0.25) is 0 Å². The second kappa shape index (κ2) is 8.42. The molecule has 0 aliphatic heterocycles. The predicted octanol–water partition coefficient (Wildman–Crippen LogP) is -4.18. The molecule has 3 aromatic carbocycles. The van der Waals surface area contributed by atoms with E-state index in [0.717, 1.165) is 0 Å². The maximum atomic E-state index is 12.6. The Bertz CT molecular complexity index is 1470. The normalized spacial score (nSPS) is 10.1. The van der Waals surface area contributed by atoms with Gasteiger partial charge in [0.2, 0.25) is 0 Å². The molecular weight excluding hydrogens is 431 g/mol. The van der Waals surface area contributed by atoms with Crippen molar-refractivity contribution in [1.29, 1.82) is 0 Å². The second-order valence-electron chi connectivity index (χ2n) is 5.91. The van der Waals surface area contributed by atoms with Crippen LogP contribution in [0.15, 0.2) is 66.7 Å². The molecule has 5 nitrogen and oxygen atoms in total. The molecule has 138 valence electrons. The predicted molar refractivity (Wildman–Crippen MR) is 107 cm³/mol. The van der Waals surface area contributed by atoms with E-state index in [-0.39, 0.29) is 14.8 Å². The monoisotopic (exact) mass is 442 g/mol. The van der Waals surface area contributed by atoms with Gasteiger partial charge in [0.25, 0.3) is 0 Å². The fraction of sp³-hybridized carbons (Fsp3) is 0. The summed E-state index contributed by atoms with van der Waals surface area (Å²) in [7, 11) is 0. The van der Waals surface area contributed by atoms with Crippen LogP contribution in [-0.4, -0.2) is 41.5 Å². The Morgan fingerprint density at radius 3 is 1.41 bits per heavy atom. The Kier molecular flexibility index (Phi) is 5.77. The number of benzene rings is 3. The minimum atomic E-state index is -4.12. The van der Waals surface area contributed by atoms with Crippen LogP contribution in [0.25, 0.3) is 0 Å². The summed E-state index contributed by atoms with van der Waals surface area (Å²) in [4.78, 5) is 58.9. The molecular formula is C23H11AsO5. The van der Waals surface area contributed by atoms with Crippen LogP contribution in [0.5, 0.6) is 0 Å². The Morgan fingerprint density at radius 2 is 1.03 bits per heavy atom. The maximum absolute atomic E-state index is 12.6. The quantitative estimate of drug-likeness (QED) is 0.385. The van der Waals surface area contributed by atoms with Crippen LogP contribution < -0.4 is 33.9 Å². The van der Waals surface area contributed by atoms with Crippen molar-refractivity contribution in [3.05, 3.63) is 87.6 Å². The summed E-state index contributed by atoms with van der Waals surface area (Å²) in [6.45, 7) is 0. The Labute approximate surface area is 166 Å². The Morgan fingerprint density at radius 1 is 0.552 bits per heavy atom. The summed E-state index contributed by atoms with van der Waals surface area (Å²) in [5, 5.41) is -1.46. The van der Waals surface area contributed by atoms with E-state index < -0.39 is 23.5 Å². The summed E-state index contributed by atoms with van der Waals surface area (Å²) < 4.78 is 3.53. The molecule has 0 N–H and O–H groups in total. The fourth-order valence-electron chi connectivity index (χ4n) is 3.21. The van der Waals surface area contributed by atoms with Crippen molar-refractivity contribution in [2.24, 2.45) is 0 Å². The van der Waals surface area contributed by atoms with Gasteiger partial charge in [-0.1, -0.05) is 0 Å². The summed E-state index contributed by atoms with van der Waals surface area (Å²) in [6, 6.07) is 18.7. The van der Waals surface area contributed by atoms with Gasteiger partial charge in [0, 0.05) is 0 Å².